The van der Waals surface area contributed by atoms with Gasteiger partial charge in [-0.3, -0.25) is 5.10 Å². The van der Waals surface area contributed by atoms with Gasteiger partial charge in [-0.1, -0.05) is 24.3 Å². The summed E-state index contributed by atoms with van der Waals surface area (Å²) in [6.07, 6.45) is 1.79. The maximum absolute atomic E-state index is 12.1. The van der Waals surface area contributed by atoms with Crippen LogP contribution in [-0.4, -0.2) is 36.2 Å². The van der Waals surface area contributed by atoms with Gasteiger partial charge in [-0.2, -0.15) is 5.10 Å². The minimum Gasteiger partial charge on any atom is -0.478 e. The number of sulfonamides is 1. The number of rotatable bonds is 5. The summed E-state index contributed by atoms with van der Waals surface area (Å²) in [6, 6.07) is 7.84. The molecule has 0 aliphatic heterocycles. The van der Waals surface area contributed by atoms with Crippen molar-refractivity contribution in [3.8, 4) is 0 Å². The Hall–Kier alpha value is -2.19. The van der Waals surface area contributed by atoms with Gasteiger partial charge in [0.2, 0.25) is 0 Å². The van der Waals surface area contributed by atoms with E-state index in [0.717, 1.165) is 18.2 Å². The summed E-state index contributed by atoms with van der Waals surface area (Å²) in [6.45, 7) is 0.234. The number of aromatic amines is 1. The van der Waals surface area contributed by atoms with Crippen LogP contribution < -0.4 is 4.72 Å². The summed E-state index contributed by atoms with van der Waals surface area (Å²) in [7, 11) is -3.92. The van der Waals surface area contributed by atoms with Crippen LogP contribution in [0.25, 0.3) is 0 Å². The van der Waals surface area contributed by atoms with Gasteiger partial charge in [-0.15, -0.1) is 0 Å². The second kappa shape index (κ2) is 4.97. The maximum atomic E-state index is 12.1. The first-order valence-electron chi connectivity index (χ1n) is 6.33. The van der Waals surface area contributed by atoms with E-state index in [1.807, 2.05) is 24.3 Å². The maximum Gasteiger partial charge on any atom is 0.340 e. The van der Waals surface area contributed by atoms with E-state index in [0.29, 0.717) is 0 Å². The number of benzene rings is 1. The Balaban J connectivity index is 1.74. The Kier molecular flexibility index (Phi) is 3.26. The summed E-state index contributed by atoms with van der Waals surface area (Å²) < 4.78 is 26.7. The molecule has 0 spiro atoms. The summed E-state index contributed by atoms with van der Waals surface area (Å²) >= 11 is 0. The molecule has 1 unspecified atom stereocenters. The van der Waals surface area contributed by atoms with E-state index in [2.05, 4.69) is 14.9 Å². The third-order valence-electron chi connectivity index (χ3n) is 3.58. The van der Waals surface area contributed by atoms with E-state index < -0.39 is 21.0 Å². The Bertz CT molecular complexity index is 797. The molecule has 0 radical (unpaired) electrons. The molecule has 3 N–H and O–H groups in total. The highest BCUT2D eigenvalue weighted by molar-refractivity contribution is 7.89. The summed E-state index contributed by atoms with van der Waals surface area (Å²) in [5.74, 6) is -1.22. The molecule has 0 fully saturated rings. The summed E-state index contributed by atoms with van der Waals surface area (Å²) in [4.78, 5) is 10.9. The molecule has 0 saturated heterocycles. The fourth-order valence-electron chi connectivity index (χ4n) is 2.46. The molecule has 0 saturated carbocycles. The molecule has 1 aliphatic rings. The first-order chi connectivity index (χ1) is 9.99. The number of aromatic carboxylic acids is 1. The van der Waals surface area contributed by atoms with Crippen LogP contribution in [0.4, 0.5) is 0 Å². The van der Waals surface area contributed by atoms with Gasteiger partial charge in [0.05, 0.1) is 6.20 Å². The van der Waals surface area contributed by atoms with Crippen molar-refractivity contribution in [2.24, 2.45) is 0 Å². The Labute approximate surface area is 121 Å². The zero-order valence-corrected chi connectivity index (χ0v) is 11.7. The number of hydrogen-bond acceptors (Lipinski definition) is 4. The molecule has 1 aromatic carbocycles. The number of carboxylic acids is 1. The van der Waals surface area contributed by atoms with Gasteiger partial charge in [0, 0.05) is 12.5 Å². The second-order valence-electron chi connectivity index (χ2n) is 4.87. The van der Waals surface area contributed by atoms with Gasteiger partial charge in [-0.05, 0) is 17.5 Å². The van der Waals surface area contributed by atoms with Crippen molar-refractivity contribution in [2.75, 3.05) is 6.54 Å². The monoisotopic (exact) mass is 307 g/mol. The van der Waals surface area contributed by atoms with Gasteiger partial charge in [0.15, 0.2) is 5.03 Å². The van der Waals surface area contributed by atoms with Crippen LogP contribution in [0.15, 0.2) is 35.5 Å². The number of H-pyrrole nitrogens is 1. The largest absolute Gasteiger partial charge is 0.478 e. The molecular formula is C13H13N3O4S. The molecule has 7 nitrogen and oxygen atoms in total. The SMILES string of the molecule is O=C(O)c1cn[nH]c1S(=O)(=O)NCC1Cc2ccccc21. The molecular weight excluding hydrogens is 294 g/mol. The van der Waals surface area contributed by atoms with Crippen molar-refractivity contribution < 1.29 is 18.3 Å². The first-order valence-corrected chi connectivity index (χ1v) is 7.81. The van der Waals surface area contributed by atoms with Crippen LogP contribution in [0.3, 0.4) is 0 Å². The van der Waals surface area contributed by atoms with Crippen LogP contribution in [0.1, 0.15) is 27.4 Å². The van der Waals surface area contributed by atoms with Gasteiger partial charge < -0.3 is 5.11 Å². The quantitative estimate of drug-likeness (QED) is 0.753. The van der Waals surface area contributed by atoms with Crippen LogP contribution in [-0.2, 0) is 16.4 Å². The van der Waals surface area contributed by atoms with E-state index >= 15 is 0 Å². The lowest BCUT2D eigenvalue weighted by Crippen LogP contribution is -2.34. The number of hydrogen-bond donors (Lipinski definition) is 3. The van der Waals surface area contributed by atoms with Crippen molar-refractivity contribution in [3.05, 3.63) is 47.2 Å². The minimum atomic E-state index is -3.92. The highest BCUT2D eigenvalue weighted by Crippen LogP contribution is 2.34. The van der Waals surface area contributed by atoms with E-state index in [9.17, 15) is 13.2 Å². The molecule has 8 heteroatoms. The van der Waals surface area contributed by atoms with E-state index in [-0.39, 0.29) is 18.0 Å². The number of carboxylic acid groups (broad SMARTS) is 1. The normalized spacial score (nSPS) is 17.0. The average Bonchev–Trinajstić information content (AvgIpc) is 2.90. The number of nitrogens with one attached hydrogen (secondary N) is 2. The molecule has 2 aromatic rings. The third-order valence-corrected chi connectivity index (χ3v) is 4.98. The molecule has 21 heavy (non-hydrogen) atoms. The number of fused-ring (bicyclic) bond motifs is 1. The van der Waals surface area contributed by atoms with E-state index in [1.165, 1.54) is 5.56 Å². The predicted octanol–water partition coefficient (Wildman–Crippen LogP) is 0.726. The topological polar surface area (TPSA) is 112 Å². The van der Waals surface area contributed by atoms with E-state index in [4.69, 9.17) is 5.11 Å². The van der Waals surface area contributed by atoms with Crippen LogP contribution in [0.5, 0.6) is 0 Å². The lowest BCUT2D eigenvalue weighted by atomic mass is 9.78. The van der Waals surface area contributed by atoms with Crippen LogP contribution >= 0.6 is 0 Å². The van der Waals surface area contributed by atoms with Gasteiger partial charge >= 0.3 is 5.97 Å². The zero-order chi connectivity index (χ0) is 15.0. The second-order valence-corrected chi connectivity index (χ2v) is 6.57. The lowest BCUT2D eigenvalue weighted by molar-refractivity contribution is 0.0692. The Morgan fingerprint density at radius 3 is 2.90 bits per heavy atom. The Morgan fingerprint density at radius 2 is 2.19 bits per heavy atom. The standard InChI is InChI=1S/C13H13N3O4S/c17-13(18)11-7-14-16-12(11)21(19,20)15-6-9-5-8-3-1-2-4-10(8)9/h1-4,7,9,15H,5-6H2,(H,14,16)(H,17,18). The average molecular weight is 307 g/mol. The van der Waals surface area contributed by atoms with E-state index in [1.54, 1.807) is 0 Å². The fraction of sp³-hybridized carbons (Fsp3) is 0.231. The number of nitrogens with zero attached hydrogens (tertiary/aromatic N) is 1. The molecule has 1 aromatic heterocycles. The van der Waals surface area contributed by atoms with Crippen molar-refractivity contribution in [1.29, 1.82) is 0 Å². The molecule has 3 rings (SSSR count). The molecule has 0 amide bonds. The first kappa shape index (κ1) is 13.8. The fourth-order valence-corrected chi connectivity index (χ4v) is 3.63. The third kappa shape index (κ3) is 2.43. The Morgan fingerprint density at radius 1 is 1.43 bits per heavy atom. The minimum absolute atomic E-state index is 0.118. The number of aromatic nitrogens is 2. The van der Waals surface area contributed by atoms with Gasteiger partial charge in [0.25, 0.3) is 10.0 Å². The van der Waals surface area contributed by atoms with Gasteiger partial charge in [-0.25, -0.2) is 17.9 Å². The summed E-state index contributed by atoms with van der Waals surface area (Å²) in [5.41, 5.74) is 1.98. The van der Waals surface area contributed by atoms with Crippen molar-refractivity contribution >= 4 is 16.0 Å². The van der Waals surface area contributed by atoms with Crippen molar-refractivity contribution in [2.45, 2.75) is 17.4 Å². The smallest absolute Gasteiger partial charge is 0.340 e. The number of carbonyl (C=O) groups is 1. The molecule has 0 bridgehead atoms. The highest BCUT2D eigenvalue weighted by atomic mass is 32.2. The van der Waals surface area contributed by atoms with Crippen LogP contribution in [0.2, 0.25) is 0 Å². The highest BCUT2D eigenvalue weighted by Gasteiger charge is 2.29. The van der Waals surface area contributed by atoms with Crippen molar-refractivity contribution in [1.82, 2.24) is 14.9 Å². The molecule has 1 atom stereocenters. The lowest BCUT2D eigenvalue weighted by Gasteiger charge is -2.30. The van der Waals surface area contributed by atoms with Crippen molar-refractivity contribution in [3.63, 3.8) is 0 Å². The molecule has 1 aliphatic carbocycles. The van der Waals surface area contributed by atoms with Crippen LogP contribution in [0, 0.1) is 0 Å². The molecule has 1 heterocycles. The molecule has 110 valence electrons. The van der Waals surface area contributed by atoms with Gasteiger partial charge in [0.1, 0.15) is 5.56 Å². The predicted molar refractivity (Wildman–Crippen MR) is 73.6 cm³/mol. The summed E-state index contributed by atoms with van der Waals surface area (Å²) in [5, 5.41) is 14.2. The zero-order valence-electron chi connectivity index (χ0n) is 10.9.